The summed E-state index contributed by atoms with van der Waals surface area (Å²) >= 11 is 0. The first kappa shape index (κ1) is 7.86. The summed E-state index contributed by atoms with van der Waals surface area (Å²) in [5.41, 5.74) is 0. The van der Waals surface area contributed by atoms with Gasteiger partial charge in [0, 0.05) is 6.04 Å². The molecule has 3 unspecified atom stereocenters. The van der Waals surface area contributed by atoms with Crippen molar-refractivity contribution in [3.63, 3.8) is 0 Å². The number of carboxylic acid groups (broad SMARTS) is 1. The van der Waals surface area contributed by atoms with E-state index in [0.29, 0.717) is 5.92 Å². The molecule has 68 valence electrons. The van der Waals surface area contributed by atoms with Crippen molar-refractivity contribution in [2.75, 3.05) is 6.61 Å². The third-order valence-corrected chi connectivity index (χ3v) is 2.94. The van der Waals surface area contributed by atoms with Crippen LogP contribution in [0.3, 0.4) is 0 Å². The minimum Gasteiger partial charge on any atom is -0.465 e. The molecule has 0 radical (unpaired) electrons. The smallest absolute Gasteiger partial charge is 0.407 e. The molecule has 12 heavy (non-hydrogen) atoms. The Hall–Kier alpha value is -0.770. The SMILES string of the molecule is O=C(O)N1C(CO)CCC2CC21. The van der Waals surface area contributed by atoms with Crippen LogP contribution in [0.25, 0.3) is 0 Å². The molecule has 1 aliphatic carbocycles. The third kappa shape index (κ3) is 1.06. The normalized spacial score (nSPS) is 39.1. The summed E-state index contributed by atoms with van der Waals surface area (Å²) in [6.07, 6.45) is 2.04. The number of piperidine rings is 1. The highest BCUT2D eigenvalue weighted by atomic mass is 16.4. The second-order valence-corrected chi connectivity index (χ2v) is 3.67. The minimum atomic E-state index is -0.874. The monoisotopic (exact) mass is 171 g/mol. The summed E-state index contributed by atoms with van der Waals surface area (Å²) in [7, 11) is 0. The molecule has 2 fully saturated rings. The number of hydrogen-bond acceptors (Lipinski definition) is 2. The molecule has 0 bridgehead atoms. The van der Waals surface area contributed by atoms with Gasteiger partial charge < -0.3 is 10.2 Å². The molecular formula is C8H13NO3. The summed E-state index contributed by atoms with van der Waals surface area (Å²) in [5, 5.41) is 17.8. The van der Waals surface area contributed by atoms with Gasteiger partial charge in [0.05, 0.1) is 12.6 Å². The van der Waals surface area contributed by atoms with Gasteiger partial charge in [-0.25, -0.2) is 4.79 Å². The van der Waals surface area contributed by atoms with E-state index < -0.39 is 6.09 Å². The van der Waals surface area contributed by atoms with Crippen molar-refractivity contribution in [3.8, 4) is 0 Å². The fourth-order valence-electron chi connectivity index (χ4n) is 2.18. The van der Waals surface area contributed by atoms with Crippen molar-refractivity contribution in [1.82, 2.24) is 4.90 Å². The molecule has 0 spiro atoms. The average Bonchev–Trinajstić information content (AvgIpc) is 2.79. The van der Waals surface area contributed by atoms with Crippen LogP contribution in [-0.4, -0.2) is 39.9 Å². The first-order chi connectivity index (χ1) is 5.74. The molecule has 1 amide bonds. The lowest BCUT2D eigenvalue weighted by atomic mass is 10.0. The number of rotatable bonds is 1. The number of amides is 1. The van der Waals surface area contributed by atoms with Crippen LogP contribution in [0.5, 0.6) is 0 Å². The number of aliphatic hydroxyl groups is 1. The standard InChI is InChI=1S/C8H13NO3/c10-4-6-2-1-5-3-7(5)9(6)8(11)12/h5-7,10H,1-4H2,(H,11,12). The molecule has 4 nitrogen and oxygen atoms in total. The van der Waals surface area contributed by atoms with Crippen LogP contribution in [0, 0.1) is 5.92 Å². The number of carbonyl (C=O) groups is 1. The molecule has 1 saturated heterocycles. The molecule has 2 rings (SSSR count). The topological polar surface area (TPSA) is 60.8 Å². The van der Waals surface area contributed by atoms with Crippen molar-refractivity contribution in [3.05, 3.63) is 0 Å². The maximum Gasteiger partial charge on any atom is 0.407 e. The Balaban J connectivity index is 2.08. The Bertz CT molecular complexity index is 206. The van der Waals surface area contributed by atoms with Gasteiger partial charge in [0.2, 0.25) is 0 Å². The van der Waals surface area contributed by atoms with Gasteiger partial charge in [0.15, 0.2) is 0 Å². The van der Waals surface area contributed by atoms with E-state index in [1.807, 2.05) is 0 Å². The second kappa shape index (κ2) is 2.62. The van der Waals surface area contributed by atoms with Gasteiger partial charge in [-0.1, -0.05) is 0 Å². The fourth-order valence-corrected chi connectivity index (χ4v) is 2.18. The van der Waals surface area contributed by atoms with Crippen LogP contribution in [0.1, 0.15) is 19.3 Å². The first-order valence-electron chi connectivity index (χ1n) is 4.36. The maximum absolute atomic E-state index is 10.8. The van der Waals surface area contributed by atoms with E-state index in [4.69, 9.17) is 10.2 Å². The first-order valence-corrected chi connectivity index (χ1v) is 4.36. The van der Waals surface area contributed by atoms with Crippen LogP contribution in [0.4, 0.5) is 4.79 Å². The van der Waals surface area contributed by atoms with Crippen molar-refractivity contribution in [2.24, 2.45) is 5.92 Å². The van der Waals surface area contributed by atoms with E-state index in [9.17, 15) is 4.79 Å². The fraction of sp³-hybridized carbons (Fsp3) is 0.875. The molecule has 1 heterocycles. The summed E-state index contributed by atoms with van der Waals surface area (Å²) in [4.78, 5) is 12.2. The number of nitrogens with zero attached hydrogens (tertiary/aromatic N) is 1. The Kier molecular flexibility index (Phi) is 1.72. The lowest BCUT2D eigenvalue weighted by molar-refractivity contribution is 0.0725. The van der Waals surface area contributed by atoms with E-state index >= 15 is 0 Å². The average molecular weight is 171 g/mol. The molecule has 3 atom stereocenters. The third-order valence-electron chi connectivity index (χ3n) is 2.94. The zero-order valence-electron chi connectivity index (χ0n) is 6.81. The van der Waals surface area contributed by atoms with Gasteiger partial charge in [0.1, 0.15) is 0 Å². The highest BCUT2D eigenvalue weighted by molar-refractivity contribution is 5.66. The predicted octanol–water partition coefficient (Wildman–Crippen LogP) is 0.510. The molecule has 2 N–H and O–H groups in total. The quantitative estimate of drug-likeness (QED) is 0.604. The zero-order valence-corrected chi connectivity index (χ0v) is 6.81. The second-order valence-electron chi connectivity index (χ2n) is 3.67. The van der Waals surface area contributed by atoms with E-state index in [0.717, 1.165) is 19.3 Å². The predicted molar refractivity (Wildman–Crippen MR) is 41.9 cm³/mol. The van der Waals surface area contributed by atoms with Crippen LogP contribution in [0.2, 0.25) is 0 Å². The zero-order chi connectivity index (χ0) is 8.72. The maximum atomic E-state index is 10.8. The van der Waals surface area contributed by atoms with E-state index in [1.165, 1.54) is 4.90 Å². The number of fused-ring (bicyclic) bond motifs is 1. The summed E-state index contributed by atoms with van der Waals surface area (Å²) in [5.74, 6) is 0.587. The van der Waals surface area contributed by atoms with Crippen molar-refractivity contribution in [2.45, 2.75) is 31.3 Å². The van der Waals surface area contributed by atoms with Gasteiger partial charge in [-0.15, -0.1) is 0 Å². The van der Waals surface area contributed by atoms with Crippen LogP contribution < -0.4 is 0 Å². The van der Waals surface area contributed by atoms with Gasteiger partial charge in [0.25, 0.3) is 0 Å². The lowest BCUT2D eigenvalue weighted by Crippen LogP contribution is -2.46. The molecule has 1 aliphatic heterocycles. The Labute approximate surface area is 70.8 Å². The molecule has 0 aromatic heterocycles. The number of aliphatic hydroxyl groups excluding tert-OH is 1. The summed E-state index contributed by atoms with van der Waals surface area (Å²) in [6, 6.07) is 0.0691. The van der Waals surface area contributed by atoms with Gasteiger partial charge in [-0.05, 0) is 25.2 Å². The van der Waals surface area contributed by atoms with E-state index in [1.54, 1.807) is 0 Å². The van der Waals surface area contributed by atoms with Crippen LogP contribution in [0.15, 0.2) is 0 Å². The van der Waals surface area contributed by atoms with Gasteiger partial charge in [-0.2, -0.15) is 0 Å². The van der Waals surface area contributed by atoms with E-state index in [-0.39, 0.29) is 18.7 Å². The van der Waals surface area contributed by atoms with Crippen LogP contribution in [-0.2, 0) is 0 Å². The Morgan fingerprint density at radius 2 is 2.25 bits per heavy atom. The van der Waals surface area contributed by atoms with Crippen molar-refractivity contribution >= 4 is 6.09 Å². The minimum absolute atomic E-state index is 0.0322. The van der Waals surface area contributed by atoms with Gasteiger partial charge in [-0.3, -0.25) is 4.90 Å². The molecular weight excluding hydrogens is 158 g/mol. The summed E-state index contributed by atoms with van der Waals surface area (Å²) in [6.45, 7) is -0.0322. The Morgan fingerprint density at radius 3 is 2.83 bits per heavy atom. The van der Waals surface area contributed by atoms with Crippen LogP contribution >= 0.6 is 0 Å². The highest BCUT2D eigenvalue weighted by Crippen LogP contribution is 2.45. The van der Waals surface area contributed by atoms with Crippen molar-refractivity contribution < 1.29 is 15.0 Å². The number of hydrogen-bond donors (Lipinski definition) is 2. The van der Waals surface area contributed by atoms with Gasteiger partial charge >= 0.3 is 6.09 Å². The Morgan fingerprint density at radius 1 is 1.50 bits per heavy atom. The summed E-state index contributed by atoms with van der Waals surface area (Å²) < 4.78 is 0. The molecule has 0 aromatic carbocycles. The largest absolute Gasteiger partial charge is 0.465 e. The lowest BCUT2D eigenvalue weighted by Gasteiger charge is -2.31. The molecule has 4 heteroatoms. The van der Waals surface area contributed by atoms with E-state index in [2.05, 4.69) is 0 Å². The molecule has 1 saturated carbocycles. The van der Waals surface area contributed by atoms with Crippen molar-refractivity contribution in [1.29, 1.82) is 0 Å². The molecule has 2 aliphatic rings. The highest BCUT2D eigenvalue weighted by Gasteiger charge is 2.49. The molecule has 0 aromatic rings. The number of likely N-dealkylation sites (tertiary alicyclic amines) is 1.